The van der Waals surface area contributed by atoms with Gasteiger partial charge in [-0.05, 0) is 44.2 Å². The van der Waals surface area contributed by atoms with E-state index < -0.39 is 5.76 Å². The lowest BCUT2D eigenvalue weighted by Gasteiger charge is -2.11. The number of pyridine rings is 1. The van der Waals surface area contributed by atoms with Crippen molar-refractivity contribution in [1.82, 2.24) is 19.9 Å². The Bertz CT molecular complexity index is 1280. The first-order chi connectivity index (χ1) is 13.5. The summed E-state index contributed by atoms with van der Waals surface area (Å²) in [5.41, 5.74) is 3.81. The van der Waals surface area contributed by atoms with Crippen molar-refractivity contribution in [3.05, 3.63) is 63.9 Å². The van der Waals surface area contributed by atoms with Gasteiger partial charge in [-0.3, -0.25) is 4.98 Å². The Balaban J connectivity index is 1.60. The Morgan fingerprint density at radius 3 is 2.79 bits per heavy atom. The molecule has 9 nitrogen and oxygen atoms in total. The van der Waals surface area contributed by atoms with E-state index >= 15 is 0 Å². The number of oxazole rings is 1. The standard InChI is InChI=1S/C19H15N7O2/c1-10-9-21-18(25-16-6-3-12(8-20)11(2)22-16)26-17(10)23-13-4-5-15-14(7-13)24-19(27)28-15/h3-7,9H,1-2H3,(H,24,27)(H2,21,22,23,25,26). The molecule has 0 spiro atoms. The Morgan fingerprint density at radius 1 is 1.14 bits per heavy atom. The SMILES string of the molecule is Cc1cnc(Nc2ccc(C#N)c(C)n2)nc1Nc1ccc2oc(=O)[nH]c2c1. The van der Waals surface area contributed by atoms with Crippen LogP contribution in [0.2, 0.25) is 0 Å². The zero-order valence-electron chi connectivity index (χ0n) is 15.1. The van der Waals surface area contributed by atoms with Crippen LogP contribution in [0, 0.1) is 25.2 Å². The van der Waals surface area contributed by atoms with Gasteiger partial charge < -0.3 is 15.1 Å². The summed E-state index contributed by atoms with van der Waals surface area (Å²) in [6.45, 7) is 3.65. The van der Waals surface area contributed by atoms with E-state index in [1.807, 2.05) is 6.92 Å². The lowest BCUT2D eigenvalue weighted by molar-refractivity contribution is 0.555. The van der Waals surface area contributed by atoms with E-state index in [2.05, 4.69) is 36.6 Å². The van der Waals surface area contributed by atoms with Crippen LogP contribution in [0.3, 0.4) is 0 Å². The van der Waals surface area contributed by atoms with Gasteiger partial charge in [-0.1, -0.05) is 0 Å². The number of fused-ring (bicyclic) bond motifs is 1. The number of nitrogens with zero attached hydrogens (tertiary/aromatic N) is 4. The summed E-state index contributed by atoms with van der Waals surface area (Å²) in [6, 6.07) is 10.7. The highest BCUT2D eigenvalue weighted by molar-refractivity contribution is 5.78. The van der Waals surface area contributed by atoms with Crippen LogP contribution in [-0.4, -0.2) is 19.9 Å². The molecule has 3 heterocycles. The van der Waals surface area contributed by atoms with E-state index in [9.17, 15) is 4.79 Å². The largest absolute Gasteiger partial charge is 0.417 e. The van der Waals surface area contributed by atoms with Crippen LogP contribution in [0.15, 0.2) is 45.7 Å². The Kier molecular flexibility index (Phi) is 4.21. The van der Waals surface area contributed by atoms with Gasteiger partial charge in [-0.2, -0.15) is 10.2 Å². The molecule has 0 saturated heterocycles. The van der Waals surface area contributed by atoms with Crippen LogP contribution in [0.25, 0.3) is 11.1 Å². The van der Waals surface area contributed by atoms with E-state index in [1.54, 1.807) is 43.5 Å². The Morgan fingerprint density at radius 2 is 2.00 bits per heavy atom. The maximum Gasteiger partial charge on any atom is 0.417 e. The molecule has 0 saturated carbocycles. The molecular weight excluding hydrogens is 358 g/mol. The molecule has 0 radical (unpaired) electrons. The van der Waals surface area contributed by atoms with Crippen LogP contribution in [0.4, 0.5) is 23.3 Å². The van der Waals surface area contributed by atoms with Gasteiger partial charge in [0.2, 0.25) is 5.95 Å². The predicted molar refractivity (Wildman–Crippen MR) is 104 cm³/mol. The number of hydrogen-bond donors (Lipinski definition) is 3. The number of benzene rings is 1. The number of aromatic nitrogens is 4. The van der Waals surface area contributed by atoms with Crippen LogP contribution in [-0.2, 0) is 0 Å². The maximum absolute atomic E-state index is 11.3. The second-order valence-corrected chi connectivity index (χ2v) is 6.14. The molecule has 9 heteroatoms. The first-order valence-electron chi connectivity index (χ1n) is 8.40. The minimum absolute atomic E-state index is 0.363. The van der Waals surface area contributed by atoms with Gasteiger partial charge in [0.15, 0.2) is 5.58 Å². The highest BCUT2D eigenvalue weighted by Gasteiger charge is 2.08. The molecule has 0 aliphatic heterocycles. The fraction of sp³-hybridized carbons (Fsp3) is 0.105. The van der Waals surface area contributed by atoms with Gasteiger partial charge in [-0.15, -0.1) is 0 Å². The average molecular weight is 373 g/mol. The van der Waals surface area contributed by atoms with Crippen LogP contribution >= 0.6 is 0 Å². The number of rotatable bonds is 4. The minimum Gasteiger partial charge on any atom is -0.408 e. The lowest BCUT2D eigenvalue weighted by Crippen LogP contribution is -2.04. The van der Waals surface area contributed by atoms with Crippen molar-refractivity contribution >= 4 is 34.4 Å². The number of aromatic amines is 1. The molecule has 0 aliphatic rings. The molecular formula is C19H15N7O2. The molecule has 3 aromatic heterocycles. The zero-order chi connectivity index (χ0) is 19.7. The van der Waals surface area contributed by atoms with Crippen LogP contribution in [0.1, 0.15) is 16.8 Å². The van der Waals surface area contributed by atoms with Gasteiger partial charge in [0.05, 0.1) is 16.8 Å². The number of H-pyrrole nitrogens is 1. The van der Waals surface area contributed by atoms with Crippen molar-refractivity contribution < 1.29 is 4.42 Å². The number of anilines is 4. The molecule has 3 N–H and O–H groups in total. The third-order valence-corrected chi connectivity index (χ3v) is 4.10. The molecule has 0 amide bonds. The van der Waals surface area contributed by atoms with Crippen molar-refractivity contribution in [2.45, 2.75) is 13.8 Å². The highest BCUT2D eigenvalue weighted by Crippen LogP contribution is 2.23. The topological polar surface area (TPSA) is 133 Å². The molecule has 138 valence electrons. The summed E-state index contributed by atoms with van der Waals surface area (Å²) in [7, 11) is 0. The third-order valence-electron chi connectivity index (χ3n) is 4.10. The van der Waals surface area contributed by atoms with Crippen molar-refractivity contribution in [2.75, 3.05) is 10.6 Å². The summed E-state index contributed by atoms with van der Waals surface area (Å²) < 4.78 is 5.01. The zero-order valence-corrected chi connectivity index (χ0v) is 15.1. The molecule has 0 aliphatic carbocycles. The second-order valence-electron chi connectivity index (χ2n) is 6.14. The number of nitriles is 1. The first kappa shape index (κ1) is 17.2. The fourth-order valence-corrected chi connectivity index (χ4v) is 2.66. The van der Waals surface area contributed by atoms with Gasteiger partial charge in [0.25, 0.3) is 0 Å². The molecule has 4 rings (SSSR count). The molecule has 28 heavy (non-hydrogen) atoms. The second kappa shape index (κ2) is 6.85. The third kappa shape index (κ3) is 3.39. The highest BCUT2D eigenvalue weighted by atomic mass is 16.4. The smallest absolute Gasteiger partial charge is 0.408 e. The Labute approximate surface area is 159 Å². The fourth-order valence-electron chi connectivity index (χ4n) is 2.66. The summed E-state index contributed by atoms with van der Waals surface area (Å²) in [5.74, 6) is 1.02. The van der Waals surface area contributed by atoms with Crippen molar-refractivity contribution in [1.29, 1.82) is 5.26 Å². The maximum atomic E-state index is 11.3. The summed E-state index contributed by atoms with van der Waals surface area (Å²) in [6.07, 6.45) is 1.69. The molecule has 4 aromatic rings. The first-order valence-corrected chi connectivity index (χ1v) is 8.40. The quantitative estimate of drug-likeness (QED) is 0.496. The molecule has 1 aromatic carbocycles. The minimum atomic E-state index is -0.498. The van der Waals surface area contributed by atoms with E-state index in [0.29, 0.717) is 39.9 Å². The number of nitrogens with one attached hydrogen (secondary N) is 3. The Hall–Kier alpha value is -4.19. The summed E-state index contributed by atoms with van der Waals surface area (Å²) >= 11 is 0. The van der Waals surface area contributed by atoms with Gasteiger partial charge in [0, 0.05) is 17.4 Å². The normalized spacial score (nSPS) is 10.6. The van der Waals surface area contributed by atoms with Crippen molar-refractivity contribution in [3.63, 3.8) is 0 Å². The van der Waals surface area contributed by atoms with E-state index in [-0.39, 0.29) is 0 Å². The van der Waals surface area contributed by atoms with Crippen LogP contribution in [0.5, 0.6) is 0 Å². The monoisotopic (exact) mass is 373 g/mol. The van der Waals surface area contributed by atoms with Gasteiger partial charge in [0.1, 0.15) is 17.7 Å². The van der Waals surface area contributed by atoms with E-state index in [4.69, 9.17) is 9.68 Å². The number of aryl methyl sites for hydroxylation is 2. The van der Waals surface area contributed by atoms with E-state index in [0.717, 1.165) is 11.3 Å². The van der Waals surface area contributed by atoms with Gasteiger partial charge in [-0.25, -0.2) is 14.8 Å². The average Bonchev–Trinajstić information content (AvgIpc) is 3.04. The van der Waals surface area contributed by atoms with Crippen LogP contribution < -0.4 is 16.4 Å². The molecule has 0 unspecified atom stereocenters. The van der Waals surface area contributed by atoms with Gasteiger partial charge >= 0.3 is 5.76 Å². The summed E-state index contributed by atoms with van der Waals surface area (Å²) in [5, 5.41) is 15.3. The van der Waals surface area contributed by atoms with E-state index in [1.165, 1.54) is 0 Å². The summed E-state index contributed by atoms with van der Waals surface area (Å²) in [4.78, 5) is 27.0. The van der Waals surface area contributed by atoms with Crippen molar-refractivity contribution in [3.8, 4) is 6.07 Å². The van der Waals surface area contributed by atoms with Crippen molar-refractivity contribution in [2.24, 2.45) is 0 Å². The molecule has 0 fully saturated rings. The predicted octanol–water partition coefficient (Wildman–Crippen LogP) is 3.28. The molecule has 0 bridgehead atoms. The number of hydrogen-bond acceptors (Lipinski definition) is 8. The molecule has 0 atom stereocenters. The lowest BCUT2D eigenvalue weighted by atomic mass is 10.2.